The molecule has 0 unspecified atom stereocenters. The molecule has 0 aliphatic carbocycles. The number of hydrogen-bond acceptors (Lipinski definition) is 3. The Morgan fingerprint density at radius 1 is 1.21 bits per heavy atom. The van der Waals surface area contributed by atoms with E-state index in [0.29, 0.717) is 0 Å². The summed E-state index contributed by atoms with van der Waals surface area (Å²) >= 11 is 0. The highest BCUT2D eigenvalue weighted by atomic mass is 16.4. The van der Waals surface area contributed by atoms with Crippen molar-refractivity contribution in [2.75, 3.05) is 27.7 Å². The molecular formula is C12H17N3O4. The van der Waals surface area contributed by atoms with Gasteiger partial charge in [-0.2, -0.15) is 0 Å². The number of amides is 2. The number of likely N-dealkylation sites (N-methyl/N-ethyl adjacent to an activating group) is 2. The lowest BCUT2D eigenvalue weighted by Crippen LogP contribution is -2.39. The Kier molecular flexibility index (Phi) is 4.68. The smallest absolute Gasteiger partial charge is 0.352 e. The van der Waals surface area contributed by atoms with Gasteiger partial charge in [0.05, 0.1) is 6.54 Å². The SMILES string of the molecule is CN(C)C(=O)CN(C)C(=O)Cn1cccc1C(=O)O. The summed E-state index contributed by atoms with van der Waals surface area (Å²) in [5, 5.41) is 8.92. The fourth-order valence-corrected chi connectivity index (χ4v) is 1.45. The van der Waals surface area contributed by atoms with Crippen molar-refractivity contribution in [2.45, 2.75) is 6.54 Å². The Hall–Kier alpha value is -2.31. The number of carboxylic acid groups (broad SMARTS) is 1. The monoisotopic (exact) mass is 267 g/mol. The summed E-state index contributed by atoms with van der Waals surface area (Å²) in [5.41, 5.74) is 0.0423. The highest BCUT2D eigenvalue weighted by Gasteiger charge is 2.17. The summed E-state index contributed by atoms with van der Waals surface area (Å²) in [6.45, 7) is -0.138. The first-order valence-corrected chi connectivity index (χ1v) is 5.65. The van der Waals surface area contributed by atoms with Crippen LogP contribution in [0.2, 0.25) is 0 Å². The molecule has 7 nitrogen and oxygen atoms in total. The van der Waals surface area contributed by atoms with Gasteiger partial charge in [-0.15, -0.1) is 0 Å². The summed E-state index contributed by atoms with van der Waals surface area (Å²) in [7, 11) is 4.72. The topological polar surface area (TPSA) is 82.9 Å². The lowest BCUT2D eigenvalue weighted by Gasteiger charge is -2.19. The van der Waals surface area contributed by atoms with Crippen molar-refractivity contribution < 1.29 is 19.5 Å². The number of carbonyl (C=O) groups is 3. The van der Waals surface area contributed by atoms with Crippen LogP contribution in [-0.4, -0.2) is 64.9 Å². The average Bonchev–Trinajstić information content (AvgIpc) is 2.76. The molecular weight excluding hydrogens is 250 g/mol. The van der Waals surface area contributed by atoms with Crippen LogP contribution < -0.4 is 0 Å². The van der Waals surface area contributed by atoms with Crippen LogP contribution in [0.25, 0.3) is 0 Å². The lowest BCUT2D eigenvalue weighted by atomic mass is 10.4. The van der Waals surface area contributed by atoms with E-state index in [2.05, 4.69) is 0 Å². The first-order chi connectivity index (χ1) is 8.82. The van der Waals surface area contributed by atoms with E-state index in [1.54, 1.807) is 20.2 Å². The first-order valence-electron chi connectivity index (χ1n) is 5.65. The van der Waals surface area contributed by atoms with Gasteiger partial charge in [-0.1, -0.05) is 0 Å². The maximum atomic E-state index is 11.9. The van der Waals surface area contributed by atoms with Crippen molar-refractivity contribution in [2.24, 2.45) is 0 Å². The molecule has 0 radical (unpaired) electrons. The summed E-state index contributed by atoms with van der Waals surface area (Å²) < 4.78 is 1.33. The second-order valence-corrected chi connectivity index (χ2v) is 4.36. The van der Waals surface area contributed by atoms with Gasteiger partial charge in [-0.3, -0.25) is 9.59 Å². The van der Waals surface area contributed by atoms with Crippen LogP contribution >= 0.6 is 0 Å². The van der Waals surface area contributed by atoms with Crippen molar-refractivity contribution in [3.63, 3.8) is 0 Å². The Bertz CT molecular complexity index is 493. The van der Waals surface area contributed by atoms with Gasteiger partial charge >= 0.3 is 5.97 Å². The molecule has 104 valence electrons. The molecule has 1 N–H and O–H groups in total. The highest BCUT2D eigenvalue weighted by Crippen LogP contribution is 2.03. The molecule has 0 saturated heterocycles. The molecule has 0 saturated carbocycles. The Balaban J connectivity index is 2.66. The number of carbonyl (C=O) groups excluding carboxylic acids is 2. The first kappa shape index (κ1) is 14.7. The normalized spacial score (nSPS) is 10.1. The molecule has 1 heterocycles. The molecule has 0 bridgehead atoms. The maximum Gasteiger partial charge on any atom is 0.352 e. The van der Waals surface area contributed by atoms with Crippen LogP contribution in [-0.2, 0) is 16.1 Å². The molecule has 0 aliphatic rings. The number of aromatic carboxylic acids is 1. The predicted octanol–water partition coefficient (Wildman–Crippen LogP) is -0.267. The second-order valence-electron chi connectivity index (χ2n) is 4.36. The van der Waals surface area contributed by atoms with E-state index in [1.165, 1.54) is 33.7 Å². The number of hydrogen-bond donors (Lipinski definition) is 1. The molecule has 2 amide bonds. The summed E-state index contributed by atoms with van der Waals surface area (Å²) in [6, 6.07) is 2.97. The number of carboxylic acids is 1. The molecule has 1 aromatic heterocycles. The van der Waals surface area contributed by atoms with Gasteiger partial charge in [0.25, 0.3) is 0 Å². The van der Waals surface area contributed by atoms with Gasteiger partial charge < -0.3 is 19.5 Å². The molecule has 1 aromatic rings. The average molecular weight is 267 g/mol. The zero-order valence-corrected chi connectivity index (χ0v) is 11.2. The minimum absolute atomic E-state index is 0.0322. The van der Waals surface area contributed by atoms with Crippen LogP contribution in [0.3, 0.4) is 0 Å². The predicted molar refractivity (Wildman–Crippen MR) is 67.7 cm³/mol. The molecule has 19 heavy (non-hydrogen) atoms. The Labute approximate surface area is 111 Å². The fraction of sp³-hybridized carbons (Fsp3) is 0.417. The molecule has 0 fully saturated rings. The minimum atomic E-state index is -1.09. The number of rotatable bonds is 5. The van der Waals surface area contributed by atoms with Gasteiger partial charge in [0, 0.05) is 27.3 Å². The van der Waals surface area contributed by atoms with E-state index in [1.807, 2.05) is 0 Å². The molecule has 1 rings (SSSR count). The van der Waals surface area contributed by atoms with Gasteiger partial charge in [0.15, 0.2) is 0 Å². The number of aromatic nitrogens is 1. The van der Waals surface area contributed by atoms with Crippen LogP contribution in [0.1, 0.15) is 10.5 Å². The third kappa shape index (κ3) is 3.84. The van der Waals surface area contributed by atoms with Crippen LogP contribution in [0.5, 0.6) is 0 Å². The standard InChI is InChI=1S/C12H17N3O4/c1-13(2)10(16)7-14(3)11(17)8-15-6-4-5-9(15)12(18)19/h4-6H,7-8H2,1-3H3,(H,18,19). The lowest BCUT2D eigenvalue weighted by molar-refractivity contribution is -0.138. The van der Waals surface area contributed by atoms with E-state index in [-0.39, 0.29) is 30.6 Å². The van der Waals surface area contributed by atoms with Crippen molar-refractivity contribution >= 4 is 17.8 Å². The molecule has 0 aliphatic heterocycles. The van der Waals surface area contributed by atoms with Gasteiger partial charge in [0.2, 0.25) is 11.8 Å². The fourth-order valence-electron chi connectivity index (χ4n) is 1.45. The Morgan fingerprint density at radius 2 is 1.84 bits per heavy atom. The van der Waals surface area contributed by atoms with Crippen molar-refractivity contribution in [1.82, 2.24) is 14.4 Å². The van der Waals surface area contributed by atoms with Crippen molar-refractivity contribution in [3.8, 4) is 0 Å². The summed E-state index contributed by atoms with van der Waals surface area (Å²) in [6.07, 6.45) is 1.52. The minimum Gasteiger partial charge on any atom is -0.477 e. The van der Waals surface area contributed by atoms with E-state index in [9.17, 15) is 14.4 Å². The summed E-state index contributed by atoms with van der Waals surface area (Å²) in [5.74, 6) is -1.61. The molecule has 0 atom stereocenters. The zero-order valence-electron chi connectivity index (χ0n) is 11.2. The largest absolute Gasteiger partial charge is 0.477 e. The second kappa shape index (κ2) is 6.03. The molecule has 7 heteroatoms. The van der Waals surface area contributed by atoms with E-state index in [4.69, 9.17) is 5.11 Å². The zero-order chi connectivity index (χ0) is 14.6. The van der Waals surface area contributed by atoms with Gasteiger partial charge in [0.1, 0.15) is 12.2 Å². The quantitative estimate of drug-likeness (QED) is 0.796. The van der Waals surface area contributed by atoms with Gasteiger partial charge in [-0.25, -0.2) is 4.79 Å². The third-order valence-corrected chi connectivity index (χ3v) is 2.65. The molecule has 0 aromatic carbocycles. The maximum absolute atomic E-state index is 11.9. The third-order valence-electron chi connectivity index (χ3n) is 2.65. The van der Waals surface area contributed by atoms with E-state index in [0.717, 1.165) is 0 Å². The van der Waals surface area contributed by atoms with Gasteiger partial charge in [-0.05, 0) is 12.1 Å². The highest BCUT2D eigenvalue weighted by molar-refractivity contribution is 5.87. The van der Waals surface area contributed by atoms with Crippen molar-refractivity contribution in [3.05, 3.63) is 24.0 Å². The van der Waals surface area contributed by atoms with Crippen LogP contribution in [0.15, 0.2) is 18.3 Å². The summed E-state index contributed by atoms with van der Waals surface area (Å²) in [4.78, 5) is 36.9. The number of nitrogens with zero attached hydrogens (tertiary/aromatic N) is 3. The Morgan fingerprint density at radius 3 is 2.37 bits per heavy atom. The van der Waals surface area contributed by atoms with Crippen LogP contribution in [0, 0.1) is 0 Å². The van der Waals surface area contributed by atoms with Crippen LogP contribution in [0.4, 0.5) is 0 Å². The van der Waals surface area contributed by atoms with E-state index < -0.39 is 5.97 Å². The molecule has 0 spiro atoms. The van der Waals surface area contributed by atoms with Crippen molar-refractivity contribution in [1.29, 1.82) is 0 Å². The van der Waals surface area contributed by atoms with E-state index >= 15 is 0 Å².